The van der Waals surface area contributed by atoms with Crippen molar-refractivity contribution in [2.45, 2.75) is 30.3 Å². The molecule has 0 aromatic heterocycles. The molecule has 28 heavy (non-hydrogen) atoms. The summed E-state index contributed by atoms with van der Waals surface area (Å²) in [5.74, 6) is 0.413. The molecule has 2 unspecified atom stereocenters. The monoisotopic (exact) mass is 431 g/mol. The second-order valence-electron chi connectivity index (χ2n) is 8.18. The van der Waals surface area contributed by atoms with Crippen molar-refractivity contribution in [3.8, 4) is 0 Å². The van der Waals surface area contributed by atoms with Crippen LogP contribution in [0.2, 0.25) is 0 Å². The van der Waals surface area contributed by atoms with E-state index in [9.17, 15) is 17.7 Å². The molecular weight excluding hydrogens is 398 g/mol. The van der Waals surface area contributed by atoms with Crippen molar-refractivity contribution in [3.05, 3.63) is 29.8 Å². The van der Waals surface area contributed by atoms with E-state index >= 15 is 0 Å². The number of rotatable bonds is 7. The molecule has 1 aliphatic heterocycles. The summed E-state index contributed by atoms with van der Waals surface area (Å²) in [7, 11) is -1.97. The maximum absolute atomic E-state index is 12.3. The highest BCUT2D eigenvalue weighted by atomic mass is 32.2. The van der Waals surface area contributed by atoms with Gasteiger partial charge in [-0.15, -0.1) is 0 Å². The van der Waals surface area contributed by atoms with Crippen molar-refractivity contribution >= 4 is 19.8 Å². The Morgan fingerprint density at radius 3 is 2.14 bits per heavy atom. The lowest BCUT2D eigenvalue weighted by Crippen LogP contribution is -2.43. The molecule has 7 nitrogen and oxygen atoms in total. The number of benzene rings is 1. The van der Waals surface area contributed by atoms with E-state index in [2.05, 4.69) is 9.26 Å². The number of hydrogen-bond acceptors (Lipinski definition) is 6. The number of β-amino-alcohol motifs (C(OH)–C–C–N with tert-alkyl or cyclic N) is 1. The van der Waals surface area contributed by atoms with Crippen LogP contribution in [0.15, 0.2) is 33.5 Å². The maximum atomic E-state index is 12.3. The van der Waals surface area contributed by atoms with Crippen molar-refractivity contribution < 1.29 is 17.7 Å². The minimum atomic E-state index is -3.24. The van der Waals surface area contributed by atoms with Gasteiger partial charge in [0.2, 0.25) is 0 Å². The molecule has 0 spiro atoms. The van der Waals surface area contributed by atoms with Crippen LogP contribution in [-0.4, -0.2) is 79.7 Å². The lowest BCUT2D eigenvalue weighted by Gasteiger charge is -2.36. The van der Waals surface area contributed by atoms with Gasteiger partial charge in [-0.1, -0.05) is 12.1 Å². The Bertz CT molecular complexity index is 878. The van der Waals surface area contributed by atoms with Crippen LogP contribution in [0.1, 0.15) is 25.3 Å². The highest BCUT2D eigenvalue weighted by Crippen LogP contribution is 2.26. The summed E-state index contributed by atoms with van der Waals surface area (Å²) in [6.07, 6.45) is 4.74. The fourth-order valence-corrected chi connectivity index (χ4v) is 4.62. The van der Waals surface area contributed by atoms with Crippen LogP contribution in [0.4, 0.5) is 0 Å². The topological polar surface area (TPSA) is 90.3 Å². The fraction of sp³-hybridized carbons (Fsp3) is 0.684. The van der Waals surface area contributed by atoms with E-state index in [0.717, 1.165) is 25.9 Å². The summed E-state index contributed by atoms with van der Waals surface area (Å²) < 4.78 is 41.5. The predicted octanol–water partition coefficient (Wildman–Crippen LogP) is 1.58. The van der Waals surface area contributed by atoms with Gasteiger partial charge in [-0.2, -0.15) is 0 Å². The van der Waals surface area contributed by atoms with Gasteiger partial charge >= 0.3 is 0 Å². The fourth-order valence-electron chi connectivity index (χ4n) is 3.27. The molecule has 2 atom stereocenters. The molecule has 1 fully saturated rings. The molecule has 0 radical (unpaired) electrons. The van der Waals surface area contributed by atoms with Crippen molar-refractivity contribution in [2.75, 3.05) is 52.8 Å². The lowest BCUT2D eigenvalue weighted by atomic mass is 9.92. The molecule has 0 amide bonds. The van der Waals surface area contributed by atoms with Crippen LogP contribution in [0.25, 0.3) is 0 Å². The van der Waals surface area contributed by atoms with Gasteiger partial charge in [0.1, 0.15) is 9.92 Å². The zero-order valence-corrected chi connectivity index (χ0v) is 19.1. The molecule has 1 aromatic rings. The van der Waals surface area contributed by atoms with E-state index in [-0.39, 0.29) is 4.90 Å². The van der Waals surface area contributed by atoms with Gasteiger partial charge in [0.05, 0.1) is 17.0 Å². The first-order valence-corrected chi connectivity index (χ1v) is 13.2. The Morgan fingerprint density at radius 1 is 1.14 bits per heavy atom. The van der Waals surface area contributed by atoms with Crippen LogP contribution >= 0.6 is 0 Å². The quantitative estimate of drug-likeness (QED) is 0.708. The Balaban J connectivity index is 1.94. The molecule has 0 saturated carbocycles. The molecule has 1 saturated heterocycles. The molecule has 0 bridgehead atoms. The number of nitrogens with zero attached hydrogens (tertiary/aromatic N) is 3. The summed E-state index contributed by atoms with van der Waals surface area (Å²) in [6.45, 7) is 4.55. The Kier molecular flexibility index (Phi) is 7.31. The molecular formula is C19H33N3O4S2. The molecule has 0 aliphatic carbocycles. The van der Waals surface area contributed by atoms with Crippen LogP contribution in [0.3, 0.4) is 0 Å². The van der Waals surface area contributed by atoms with E-state index in [1.165, 1.54) is 6.26 Å². The Labute approximate surface area is 170 Å². The van der Waals surface area contributed by atoms with Gasteiger partial charge in [-0.05, 0) is 56.5 Å². The highest BCUT2D eigenvalue weighted by molar-refractivity contribution is 7.90. The van der Waals surface area contributed by atoms with Crippen LogP contribution in [-0.2, 0) is 25.4 Å². The molecule has 9 heteroatoms. The van der Waals surface area contributed by atoms with Crippen molar-refractivity contribution in [2.24, 2.45) is 10.3 Å². The summed E-state index contributed by atoms with van der Waals surface area (Å²) in [5, 5.41) is 10.9. The average molecular weight is 432 g/mol. The van der Waals surface area contributed by atoms with Crippen molar-refractivity contribution in [3.63, 3.8) is 0 Å². The van der Waals surface area contributed by atoms with E-state index < -0.39 is 25.4 Å². The Morgan fingerprint density at radius 2 is 1.68 bits per heavy atom. The van der Waals surface area contributed by atoms with Crippen molar-refractivity contribution in [1.82, 2.24) is 9.21 Å². The van der Waals surface area contributed by atoms with Gasteiger partial charge in [-0.25, -0.2) is 21.3 Å². The minimum absolute atomic E-state index is 0.252. The third-order valence-corrected chi connectivity index (χ3v) is 8.50. The third-order valence-electron chi connectivity index (χ3n) is 5.39. The number of hydrogen-bond donors (Lipinski definition) is 1. The van der Waals surface area contributed by atoms with E-state index in [1.807, 2.05) is 0 Å². The minimum Gasteiger partial charge on any atom is -0.384 e. The summed E-state index contributed by atoms with van der Waals surface area (Å²) in [5.41, 5.74) is -0.357. The van der Waals surface area contributed by atoms with Gasteiger partial charge < -0.3 is 10.0 Å². The first-order valence-electron chi connectivity index (χ1n) is 9.42. The second-order valence-corrected chi connectivity index (χ2v) is 12.7. The zero-order valence-electron chi connectivity index (χ0n) is 17.5. The first-order chi connectivity index (χ1) is 12.8. The SMILES string of the molecule is CN(C)S(C)(=O)=NCC1CCN(CC(C)(O)c2ccc(S(C)(=O)=O)cc2)CC1. The lowest BCUT2D eigenvalue weighted by molar-refractivity contribution is 0.00615. The largest absolute Gasteiger partial charge is 0.384 e. The molecule has 1 aliphatic rings. The Hall–Kier alpha value is -1.00. The van der Waals surface area contributed by atoms with Crippen LogP contribution in [0.5, 0.6) is 0 Å². The molecule has 2 rings (SSSR count). The average Bonchev–Trinajstić information content (AvgIpc) is 2.60. The van der Waals surface area contributed by atoms with Gasteiger partial charge in [0.25, 0.3) is 0 Å². The summed E-state index contributed by atoms with van der Waals surface area (Å²) >= 11 is 0. The molecule has 1 heterocycles. The van der Waals surface area contributed by atoms with E-state index in [0.29, 0.717) is 24.6 Å². The van der Waals surface area contributed by atoms with Gasteiger partial charge in [0, 0.05) is 33.2 Å². The van der Waals surface area contributed by atoms with E-state index in [1.54, 1.807) is 55.8 Å². The number of sulfone groups is 1. The van der Waals surface area contributed by atoms with Crippen LogP contribution in [0, 0.1) is 5.92 Å². The summed E-state index contributed by atoms with van der Waals surface area (Å²) in [6, 6.07) is 6.45. The van der Waals surface area contributed by atoms with Gasteiger partial charge in [0.15, 0.2) is 9.84 Å². The van der Waals surface area contributed by atoms with E-state index in [4.69, 9.17) is 0 Å². The number of likely N-dealkylation sites (tertiary alicyclic amines) is 1. The standard InChI is InChI=1S/C19H33N3O4S2/c1-19(23,17-6-8-18(9-7-17)27(4,24)25)15-22-12-10-16(11-13-22)14-20-28(5,26)21(2)3/h6-9,16,23H,10-15H2,1-5H3. The third kappa shape index (κ3) is 6.25. The summed E-state index contributed by atoms with van der Waals surface area (Å²) in [4.78, 5) is 2.47. The molecule has 160 valence electrons. The first kappa shape index (κ1) is 23.3. The number of piperidine rings is 1. The van der Waals surface area contributed by atoms with Crippen molar-refractivity contribution in [1.29, 1.82) is 0 Å². The van der Waals surface area contributed by atoms with Gasteiger partial charge in [-0.3, -0.25) is 0 Å². The molecule has 1 N–H and O–H groups in total. The smallest absolute Gasteiger partial charge is 0.175 e. The maximum Gasteiger partial charge on any atom is 0.175 e. The second kappa shape index (κ2) is 8.79. The van der Waals surface area contributed by atoms with Crippen LogP contribution < -0.4 is 0 Å². The zero-order chi connectivity index (χ0) is 21.2. The normalized spacial score (nSPS) is 21.2. The number of aliphatic hydroxyl groups is 1. The molecule has 1 aromatic carbocycles. The predicted molar refractivity (Wildman–Crippen MR) is 113 cm³/mol. The highest BCUT2D eigenvalue weighted by Gasteiger charge is 2.29.